The van der Waals surface area contributed by atoms with E-state index in [-0.39, 0.29) is 17.4 Å². The fraction of sp³-hybridized carbons (Fsp3) is 0.857. The molecule has 2 rings (SSSR count). The lowest BCUT2D eigenvalue weighted by Gasteiger charge is -2.35. The second kappa shape index (κ2) is 5.75. The van der Waals surface area contributed by atoms with E-state index in [0.29, 0.717) is 0 Å². The maximum atomic E-state index is 9.68. The van der Waals surface area contributed by atoms with Crippen LogP contribution in [0.25, 0.3) is 0 Å². The zero-order valence-electron chi connectivity index (χ0n) is 12.2. The van der Waals surface area contributed by atoms with Gasteiger partial charge in [0, 0.05) is 28.9 Å². The molecule has 0 radical (unpaired) electrons. The van der Waals surface area contributed by atoms with E-state index in [4.69, 9.17) is 0 Å². The van der Waals surface area contributed by atoms with Crippen LogP contribution >= 0.6 is 11.5 Å². The number of nitrogens with zero attached hydrogens (tertiary/aromatic N) is 2. The molecule has 1 aliphatic rings. The molecule has 1 aliphatic carbocycles. The molecule has 108 valence electrons. The monoisotopic (exact) mass is 283 g/mol. The molecule has 0 bridgehead atoms. The second-order valence-electron chi connectivity index (χ2n) is 6.75. The Morgan fingerprint density at radius 1 is 1.26 bits per heavy atom. The summed E-state index contributed by atoms with van der Waals surface area (Å²) in [4.78, 5) is 4.55. The van der Waals surface area contributed by atoms with Crippen LogP contribution in [-0.2, 0) is 5.41 Å². The van der Waals surface area contributed by atoms with E-state index in [1.54, 1.807) is 0 Å². The number of nitrogens with one attached hydrogen (secondary N) is 1. The highest BCUT2D eigenvalue weighted by Gasteiger charge is 2.31. The van der Waals surface area contributed by atoms with Crippen molar-refractivity contribution < 1.29 is 5.11 Å². The summed E-state index contributed by atoms with van der Waals surface area (Å²) < 4.78 is 4.41. The summed E-state index contributed by atoms with van der Waals surface area (Å²) in [5, 5.41) is 13.9. The largest absolute Gasteiger partial charge is 0.396 e. The fourth-order valence-electron chi connectivity index (χ4n) is 2.56. The van der Waals surface area contributed by atoms with Crippen molar-refractivity contribution >= 4 is 16.7 Å². The highest BCUT2D eigenvalue weighted by atomic mass is 32.1. The topological polar surface area (TPSA) is 58.0 Å². The predicted molar refractivity (Wildman–Crippen MR) is 79.7 cm³/mol. The Balaban J connectivity index is 1.96. The van der Waals surface area contributed by atoms with Crippen molar-refractivity contribution in [3.05, 3.63) is 5.82 Å². The van der Waals surface area contributed by atoms with E-state index in [2.05, 4.69) is 35.4 Å². The van der Waals surface area contributed by atoms with Crippen molar-refractivity contribution in [3.8, 4) is 0 Å². The summed E-state index contributed by atoms with van der Waals surface area (Å²) in [5.74, 6) is 0.890. The van der Waals surface area contributed by atoms with Gasteiger partial charge in [-0.15, -0.1) is 0 Å². The molecule has 0 amide bonds. The van der Waals surface area contributed by atoms with Gasteiger partial charge >= 0.3 is 0 Å². The maximum Gasteiger partial charge on any atom is 0.202 e. The molecule has 4 nitrogen and oxygen atoms in total. The average molecular weight is 283 g/mol. The summed E-state index contributed by atoms with van der Waals surface area (Å²) in [5.41, 5.74) is 0.0434. The zero-order chi connectivity index (χ0) is 13.9. The van der Waals surface area contributed by atoms with Gasteiger partial charge in [-0.1, -0.05) is 40.0 Å². The third-order valence-corrected chi connectivity index (χ3v) is 4.63. The fourth-order valence-corrected chi connectivity index (χ4v) is 3.31. The quantitative estimate of drug-likeness (QED) is 0.891. The van der Waals surface area contributed by atoms with Gasteiger partial charge in [-0.2, -0.15) is 4.37 Å². The van der Waals surface area contributed by atoms with Gasteiger partial charge in [0.15, 0.2) is 0 Å². The standard InChI is InChI=1S/C14H25N3OS/c1-13(2,3)11-16-12(19-17-11)15-9-14(10-18)7-5-4-6-8-14/h18H,4-10H2,1-3H3,(H,15,16,17). The number of hydrogen-bond acceptors (Lipinski definition) is 5. The summed E-state index contributed by atoms with van der Waals surface area (Å²) in [7, 11) is 0. The molecular formula is C14H25N3OS. The summed E-state index contributed by atoms with van der Waals surface area (Å²) in [6, 6.07) is 0. The van der Waals surface area contributed by atoms with Gasteiger partial charge in [0.25, 0.3) is 0 Å². The first-order valence-corrected chi connectivity index (χ1v) is 7.91. The molecule has 2 N–H and O–H groups in total. The molecule has 1 saturated carbocycles. The minimum Gasteiger partial charge on any atom is -0.396 e. The number of aliphatic hydroxyl groups is 1. The molecular weight excluding hydrogens is 258 g/mol. The smallest absolute Gasteiger partial charge is 0.202 e. The van der Waals surface area contributed by atoms with E-state index in [9.17, 15) is 5.11 Å². The lowest BCUT2D eigenvalue weighted by molar-refractivity contribution is 0.0944. The third-order valence-electron chi connectivity index (χ3n) is 3.96. The Morgan fingerprint density at radius 3 is 2.47 bits per heavy atom. The molecule has 1 aromatic rings. The highest BCUT2D eigenvalue weighted by molar-refractivity contribution is 7.09. The van der Waals surface area contributed by atoms with Gasteiger partial charge in [0.1, 0.15) is 5.82 Å². The van der Waals surface area contributed by atoms with Gasteiger partial charge in [0.2, 0.25) is 5.13 Å². The number of hydrogen-bond donors (Lipinski definition) is 2. The highest BCUT2D eigenvalue weighted by Crippen LogP contribution is 2.36. The van der Waals surface area contributed by atoms with Crippen LogP contribution in [0.3, 0.4) is 0 Å². The number of rotatable bonds is 4. The molecule has 1 fully saturated rings. The summed E-state index contributed by atoms with van der Waals surface area (Å²) in [6.45, 7) is 7.44. The zero-order valence-corrected chi connectivity index (χ0v) is 13.0. The molecule has 0 atom stereocenters. The minimum absolute atomic E-state index is 0.00403. The van der Waals surface area contributed by atoms with Gasteiger partial charge in [-0.05, 0) is 12.8 Å². The van der Waals surface area contributed by atoms with Crippen LogP contribution < -0.4 is 5.32 Å². The maximum absolute atomic E-state index is 9.68. The van der Waals surface area contributed by atoms with Gasteiger partial charge in [0.05, 0.1) is 6.61 Å². The SMILES string of the molecule is CC(C)(C)c1nsc(NCC2(CO)CCCCC2)n1. The lowest BCUT2D eigenvalue weighted by Crippen LogP contribution is -2.35. The molecule has 1 heterocycles. The Bertz CT molecular complexity index is 405. The number of aliphatic hydroxyl groups excluding tert-OH is 1. The van der Waals surface area contributed by atoms with Crippen molar-refractivity contribution in [1.82, 2.24) is 9.36 Å². The molecule has 1 aromatic heterocycles. The van der Waals surface area contributed by atoms with Crippen molar-refractivity contribution in [3.63, 3.8) is 0 Å². The van der Waals surface area contributed by atoms with Crippen LogP contribution in [0.1, 0.15) is 58.7 Å². The van der Waals surface area contributed by atoms with Crippen LogP contribution in [0.4, 0.5) is 5.13 Å². The van der Waals surface area contributed by atoms with Crippen LogP contribution in [0.15, 0.2) is 0 Å². The number of anilines is 1. The molecule has 0 saturated heterocycles. The Hall–Kier alpha value is -0.680. The lowest BCUT2D eigenvalue weighted by atomic mass is 9.74. The molecule has 0 unspecified atom stereocenters. The van der Waals surface area contributed by atoms with Gasteiger partial charge in [-0.3, -0.25) is 0 Å². The molecule has 0 aliphatic heterocycles. The first-order chi connectivity index (χ1) is 8.95. The summed E-state index contributed by atoms with van der Waals surface area (Å²) >= 11 is 1.42. The first kappa shape index (κ1) is 14.7. The van der Waals surface area contributed by atoms with E-state index >= 15 is 0 Å². The normalized spacial score (nSPS) is 19.4. The van der Waals surface area contributed by atoms with E-state index in [0.717, 1.165) is 30.3 Å². The van der Waals surface area contributed by atoms with Crippen LogP contribution in [0.5, 0.6) is 0 Å². The van der Waals surface area contributed by atoms with Crippen molar-refractivity contribution in [1.29, 1.82) is 0 Å². The minimum atomic E-state index is -0.00403. The van der Waals surface area contributed by atoms with Gasteiger partial charge in [-0.25, -0.2) is 4.98 Å². The van der Waals surface area contributed by atoms with Crippen LogP contribution in [0, 0.1) is 5.41 Å². The third kappa shape index (κ3) is 3.66. The molecule has 0 spiro atoms. The first-order valence-electron chi connectivity index (χ1n) is 7.14. The number of aromatic nitrogens is 2. The predicted octanol–water partition coefficient (Wildman–Crippen LogP) is 3.19. The van der Waals surface area contributed by atoms with Crippen LogP contribution in [0.2, 0.25) is 0 Å². The Kier molecular flexibility index (Phi) is 4.46. The second-order valence-corrected chi connectivity index (χ2v) is 7.50. The van der Waals surface area contributed by atoms with Crippen LogP contribution in [-0.4, -0.2) is 27.6 Å². The average Bonchev–Trinajstić information content (AvgIpc) is 2.86. The van der Waals surface area contributed by atoms with E-state index in [1.165, 1.54) is 30.8 Å². The van der Waals surface area contributed by atoms with Crippen molar-refractivity contribution in [2.45, 2.75) is 58.3 Å². The molecule has 19 heavy (non-hydrogen) atoms. The van der Waals surface area contributed by atoms with Crippen molar-refractivity contribution in [2.24, 2.45) is 5.41 Å². The van der Waals surface area contributed by atoms with E-state index in [1.807, 2.05) is 0 Å². The van der Waals surface area contributed by atoms with Crippen molar-refractivity contribution in [2.75, 3.05) is 18.5 Å². The van der Waals surface area contributed by atoms with Gasteiger partial charge < -0.3 is 10.4 Å². The molecule has 0 aromatic carbocycles. The van der Waals surface area contributed by atoms with E-state index < -0.39 is 0 Å². The molecule has 5 heteroatoms. The Morgan fingerprint density at radius 2 is 1.95 bits per heavy atom. The summed E-state index contributed by atoms with van der Waals surface area (Å²) in [6.07, 6.45) is 5.98. The Labute approximate surface area is 119 Å².